The molecule has 1 aromatic carbocycles. The average molecular weight is 1300 g/mol. The summed E-state index contributed by atoms with van der Waals surface area (Å²) in [6.07, 6.45) is 0.695. The van der Waals surface area contributed by atoms with E-state index in [-0.39, 0.29) is 77.5 Å². The van der Waals surface area contributed by atoms with E-state index in [0.717, 1.165) is 16.0 Å². The van der Waals surface area contributed by atoms with Crippen molar-refractivity contribution in [3.8, 4) is 5.75 Å². The number of benzene rings is 1. The molecule has 6 heterocycles. The fourth-order valence-corrected chi connectivity index (χ4v) is 12.8. The number of rotatable bonds is 8. The van der Waals surface area contributed by atoms with Crippen molar-refractivity contribution < 1.29 is 76.2 Å². The summed E-state index contributed by atoms with van der Waals surface area (Å²) in [6, 6.07) is -10.7. The van der Waals surface area contributed by atoms with Gasteiger partial charge in [-0.2, -0.15) is 0 Å². The smallest absolute Gasteiger partial charge is 0.354 e. The number of aromatic nitrogens is 1. The van der Waals surface area contributed by atoms with Crippen LogP contribution in [0.5, 0.6) is 5.75 Å². The third kappa shape index (κ3) is 14.0. The maximum atomic E-state index is 15.6. The average Bonchev–Trinajstić information content (AvgIpc) is 1.28. The number of amides is 10. The van der Waals surface area contributed by atoms with E-state index in [0.29, 0.717) is 18.4 Å². The van der Waals surface area contributed by atoms with Gasteiger partial charge in [-0.25, -0.2) is 24.4 Å². The zero-order valence-electron chi connectivity index (χ0n) is 55.6. The molecule has 29 nitrogen and oxygen atoms in total. The van der Waals surface area contributed by atoms with E-state index in [9.17, 15) is 47.9 Å². The zero-order chi connectivity index (χ0) is 68.7. The fourth-order valence-electron chi connectivity index (χ4n) is 12.8. The molecule has 2 aromatic rings. The normalized spacial score (nSPS) is 27.0. The number of fused-ring (bicyclic) bond motifs is 5. The standard InChI is InChI=1S/C64H86N12O17/c1-28(2)43-61(86)75-23-17-19-37(75)59(84)71(13)26-39(77)73(15)50(30(5)6)63(88)90-34(11)45(57(82)67-43)69-55(80)36-22-21-32(9)52-47(36)66-49-42(48-53(33(10)54(49)93-52)92-41(79)25-65-48)56(81)70-46-35(12)91-64(89)51(31(7)8)74(16)40(78)27-72(14)60(85)38-20-18-24-76(38)62(87)44(29(3)4)68-58(46)83/h22,25,28-31,34-35,37-38,43-46,50-51H,17-21,23-24,26-27H2,1-16H3,(H,67,82)(H,68,83)(H,69,80)(H,70,81). The Bertz CT molecular complexity index is 3590. The molecule has 1 aromatic heterocycles. The van der Waals surface area contributed by atoms with Crippen molar-refractivity contribution in [3.05, 3.63) is 50.7 Å². The summed E-state index contributed by atoms with van der Waals surface area (Å²) in [4.78, 5) is 204. The highest BCUT2D eigenvalue weighted by atomic mass is 16.6. The summed E-state index contributed by atoms with van der Waals surface area (Å²) >= 11 is 0. The van der Waals surface area contributed by atoms with Gasteiger partial charge >= 0.3 is 17.6 Å². The molecule has 6 aliphatic rings. The van der Waals surface area contributed by atoms with E-state index in [2.05, 4.69) is 26.3 Å². The van der Waals surface area contributed by atoms with Crippen molar-refractivity contribution in [1.29, 1.82) is 0 Å². The number of nitrogens with one attached hydrogen (secondary N) is 4. The lowest BCUT2D eigenvalue weighted by Crippen LogP contribution is -2.61. The summed E-state index contributed by atoms with van der Waals surface area (Å²) in [7, 11) is 5.61. The third-order valence-electron chi connectivity index (χ3n) is 18.1. The number of aryl methyl sites for hydroxylation is 1. The largest absolute Gasteiger partial charge is 0.458 e. The highest BCUT2D eigenvalue weighted by Crippen LogP contribution is 2.46. The van der Waals surface area contributed by atoms with E-state index in [1.807, 2.05) is 0 Å². The van der Waals surface area contributed by atoms with Gasteiger partial charge in [0.1, 0.15) is 83.7 Å². The Kier molecular flexibility index (Phi) is 21.1. The van der Waals surface area contributed by atoms with Gasteiger partial charge in [0.05, 0.1) is 24.2 Å². The minimum absolute atomic E-state index is 0.00834. The number of hydrogen-bond donors (Lipinski definition) is 4. The second-order valence-electron chi connectivity index (χ2n) is 26.3. The summed E-state index contributed by atoms with van der Waals surface area (Å²) < 4.78 is 24.3. The molecular weight excluding hydrogens is 1210 g/mol. The van der Waals surface area contributed by atoms with E-state index < -0.39 is 180 Å². The van der Waals surface area contributed by atoms with E-state index >= 15 is 14.4 Å². The lowest BCUT2D eigenvalue weighted by Gasteiger charge is -2.36. The molecule has 4 fully saturated rings. The molecule has 4 N–H and O–H groups in total. The SMILES string of the molecule is CC1=C2Oc3c(c(C(=O)NC4C(=O)NC(C(C)C)C(=O)N5CCCC5C(=O)N(C)CC(=O)N(C)C(C(C)C)C(=O)OC4C)c4ncc(=O)oc4c3C)N=C2C(C(=O)NC2C(=O)NC(C(C)C)C(=O)N3CCCC3C(=O)N(C)CC(=O)N(C)C(C(C)C)C(=O)OC2C)=CC1. The Morgan fingerprint density at radius 2 is 1.08 bits per heavy atom. The van der Waals surface area contributed by atoms with E-state index in [1.54, 1.807) is 62.3 Å². The van der Waals surface area contributed by atoms with Gasteiger partial charge in [-0.3, -0.25) is 47.9 Å². The first-order chi connectivity index (χ1) is 43.7. The van der Waals surface area contributed by atoms with Crippen LogP contribution in [0.25, 0.3) is 11.1 Å². The van der Waals surface area contributed by atoms with Gasteiger partial charge in [0, 0.05) is 46.8 Å². The molecule has 10 unspecified atom stereocenters. The van der Waals surface area contributed by atoms with Gasteiger partial charge in [0.25, 0.3) is 11.8 Å². The summed E-state index contributed by atoms with van der Waals surface area (Å²) in [6.45, 7) is 18.7. The van der Waals surface area contributed by atoms with Crippen molar-refractivity contribution in [2.75, 3.05) is 54.4 Å². The number of esters is 2. The Morgan fingerprint density at radius 3 is 1.52 bits per heavy atom. The van der Waals surface area contributed by atoms with Crippen LogP contribution in [0.2, 0.25) is 0 Å². The minimum atomic E-state index is -1.87. The van der Waals surface area contributed by atoms with Crippen molar-refractivity contribution in [2.45, 2.75) is 176 Å². The highest BCUT2D eigenvalue weighted by molar-refractivity contribution is 6.30. The lowest BCUT2D eigenvalue weighted by molar-refractivity contribution is -0.163. The molecule has 0 bridgehead atoms. The zero-order valence-corrected chi connectivity index (χ0v) is 55.6. The molecule has 5 aliphatic heterocycles. The van der Waals surface area contributed by atoms with Gasteiger partial charge in [-0.1, -0.05) is 61.5 Å². The number of hydrogen-bond acceptors (Lipinski definition) is 19. The fraction of sp³-hybridized carbons (Fsp3) is 0.609. The van der Waals surface area contributed by atoms with Crippen molar-refractivity contribution in [1.82, 2.24) is 55.7 Å². The first-order valence-electron chi connectivity index (χ1n) is 31.6. The van der Waals surface area contributed by atoms with E-state index in [1.165, 1.54) is 74.6 Å². The van der Waals surface area contributed by atoms with Gasteiger partial charge in [-0.05, 0) is 89.0 Å². The summed E-state index contributed by atoms with van der Waals surface area (Å²) in [5, 5.41) is 10.9. The van der Waals surface area contributed by atoms with Gasteiger partial charge in [0.2, 0.25) is 47.3 Å². The van der Waals surface area contributed by atoms with Gasteiger partial charge in [-0.15, -0.1) is 0 Å². The molecular formula is C64H86N12O17. The monoisotopic (exact) mass is 1290 g/mol. The highest BCUT2D eigenvalue weighted by Gasteiger charge is 2.47. The molecule has 4 saturated heterocycles. The number of nitrogens with zero attached hydrogens (tertiary/aromatic N) is 8. The second-order valence-corrected chi connectivity index (χ2v) is 26.3. The van der Waals surface area contributed by atoms with Crippen LogP contribution in [-0.2, 0) is 62.2 Å². The molecule has 10 amide bonds. The van der Waals surface area contributed by atoms with Crippen LogP contribution in [0.1, 0.15) is 124 Å². The molecule has 29 heteroatoms. The first-order valence-corrected chi connectivity index (χ1v) is 31.6. The minimum Gasteiger partial charge on any atom is -0.458 e. The Labute approximate surface area is 538 Å². The van der Waals surface area contributed by atoms with Crippen molar-refractivity contribution in [2.24, 2.45) is 28.7 Å². The first kappa shape index (κ1) is 69.8. The van der Waals surface area contributed by atoms with Crippen LogP contribution in [-0.4, -0.2) is 226 Å². The Hall–Kier alpha value is -9.05. The molecule has 10 atom stereocenters. The van der Waals surface area contributed by atoms with Gasteiger partial charge < -0.3 is 69.3 Å². The quantitative estimate of drug-likeness (QED) is 0.270. The Morgan fingerprint density at radius 1 is 0.624 bits per heavy atom. The number of carbonyl (C=O) groups is 12. The predicted octanol–water partition coefficient (Wildman–Crippen LogP) is 1.19. The molecule has 504 valence electrons. The number of aliphatic imine (C=N–C) groups is 1. The molecule has 0 spiro atoms. The number of likely N-dealkylation sites (N-methyl/N-ethyl adjacent to an activating group) is 4. The third-order valence-corrected chi connectivity index (χ3v) is 18.1. The molecule has 93 heavy (non-hydrogen) atoms. The number of cyclic esters (lactones) is 2. The van der Waals surface area contributed by atoms with E-state index in [4.69, 9.17) is 23.6 Å². The topological polar surface area (TPSA) is 356 Å². The number of ether oxygens (including phenoxy) is 3. The van der Waals surface area contributed by atoms with Crippen LogP contribution in [0.4, 0.5) is 5.69 Å². The number of allylic oxidation sites excluding steroid dienone is 3. The van der Waals surface area contributed by atoms with Crippen LogP contribution in [0.3, 0.4) is 0 Å². The Balaban J connectivity index is 1.21. The molecule has 0 radical (unpaired) electrons. The maximum Gasteiger partial charge on any atom is 0.354 e. The number of carbonyl (C=O) groups excluding carboxylic acids is 12. The van der Waals surface area contributed by atoms with Crippen LogP contribution in [0, 0.1) is 30.6 Å². The summed E-state index contributed by atoms with van der Waals surface area (Å²) in [5.74, 6) is -12.0. The van der Waals surface area contributed by atoms with Crippen molar-refractivity contribution in [3.63, 3.8) is 0 Å². The van der Waals surface area contributed by atoms with Crippen LogP contribution in [0.15, 0.2) is 43.4 Å². The van der Waals surface area contributed by atoms with Crippen molar-refractivity contribution >= 4 is 93.5 Å². The molecule has 8 rings (SSSR count). The van der Waals surface area contributed by atoms with Gasteiger partial charge in [0.15, 0.2) is 17.1 Å². The second kappa shape index (κ2) is 28.0. The van der Waals surface area contributed by atoms with Crippen LogP contribution >= 0.6 is 0 Å². The maximum absolute atomic E-state index is 15.6. The predicted molar refractivity (Wildman–Crippen MR) is 334 cm³/mol. The van der Waals surface area contributed by atoms with Crippen LogP contribution < -0.4 is 31.6 Å². The molecule has 1 aliphatic carbocycles. The lowest BCUT2D eigenvalue weighted by atomic mass is 9.93. The summed E-state index contributed by atoms with van der Waals surface area (Å²) in [5.41, 5.74) is -2.02. The molecule has 0 saturated carbocycles.